The van der Waals surface area contributed by atoms with Crippen molar-refractivity contribution in [3.63, 3.8) is 0 Å². The van der Waals surface area contributed by atoms with Crippen LogP contribution in [0.1, 0.15) is 17.3 Å². The maximum absolute atomic E-state index is 11.4. The highest BCUT2D eigenvalue weighted by atomic mass is 16.6. The number of esters is 1. The number of carbonyl (C=O) groups is 2. The number of hydrogen-bond acceptors (Lipinski definition) is 5. The molecule has 0 aliphatic carbocycles. The standard InChI is InChI=1S/C14H16O5/c1-5-11(14(16)18-4)19-12-7-6-10(9(2)15)8-13(12)17-3/h5-8,11H,1H2,2-4H3. The Labute approximate surface area is 111 Å². The van der Waals surface area contributed by atoms with Gasteiger partial charge in [0.2, 0.25) is 6.10 Å². The van der Waals surface area contributed by atoms with Crippen LogP contribution in [0.2, 0.25) is 0 Å². The Balaban J connectivity index is 3.03. The predicted molar refractivity (Wildman–Crippen MR) is 69.6 cm³/mol. The number of benzene rings is 1. The summed E-state index contributed by atoms with van der Waals surface area (Å²) < 4.78 is 15.2. The molecule has 0 aliphatic rings. The lowest BCUT2D eigenvalue weighted by Crippen LogP contribution is -2.26. The van der Waals surface area contributed by atoms with Crippen molar-refractivity contribution in [3.8, 4) is 11.5 Å². The van der Waals surface area contributed by atoms with Gasteiger partial charge in [-0.15, -0.1) is 0 Å². The summed E-state index contributed by atoms with van der Waals surface area (Å²) in [5.41, 5.74) is 0.498. The Kier molecular flexibility index (Phi) is 5.11. The summed E-state index contributed by atoms with van der Waals surface area (Å²) in [6, 6.07) is 4.71. The first-order valence-corrected chi connectivity index (χ1v) is 5.59. The van der Waals surface area contributed by atoms with Crippen molar-refractivity contribution in [2.45, 2.75) is 13.0 Å². The zero-order valence-corrected chi connectivity index (χ0v) is 11.1. The zero-order chi connectivity index (χ0) is 14.4. The molecule has 5 heteroatoms. The molecule has 102 valence electrons. The Morgan fingerprint density at radius 3 is 2.42 bits per heavy atom. The van der Waals surface area contributed by atoms with E-state index in [9.17, 15) is 9.59 Å². The summed E-state index contributed by atoms with van der Waals surface area (Å²) in [5.74, 6) is 0.0528. The van der Waals surface area contributed by atoms with Crippen LogP contribution in [-0.4, -0.2) is 32.1 Å². The zero-order valence-electron chi connectivity index (χ0n) is 11.1. The fourth-order valence-electron chi connectivity index (χ4n) is 1.43. The maximum atomic E-state index is 11.4. The third-order valence-corrected chi connectivity index (χ3v) is 2.47. The smallest absolute Gasteiger partial charge is 0.351 e. The van der Waals surface area contributed by atoms with E-state index in [0.717, 1.165) is 0 Å². The number of ketones is 1. The van der Waals surface area contributed by atoms with Crippen LogP contribution in [0.25, 0.3) is 0 Å². The second kappa shape index (κ2) is 6.58. The Morgan fingerprint density at radius 2 is 1.95 bits per heavy atom. The summed E-state index contributed by atoms with van der Waals surface area (Å²) in [4.78, 5) is 22.7. The van der Waals surface area contributed by atoms with E-state index in [1.165, 1.54) is 27.2 Å². The van der Waals surface area contributed by atoms with E-state index in [4.69, 9.17) is 9.47 Å². The molecular weight excluding hydrogens is 248 g/mol. The van der Waals surface area contributed by atoms with E-state index in [2.05, 4.69) is 11.3 Å². The van der Waals surface area contributed by atoms with Crippen molar-refractivity contribution in [3.05, 3.63) is 36.4 Å². The third kappa shape index (κ3) is 3.58. The molecule has 19 heavy (non-hydrogen) atoms. The minimum Gasteiger partial charge on any atom is -0.493 e. The molecule has 0 aromatic heterocycles. The van der Waals surface area contributed by atoms with Crippen molar-refractivity contribution >= 4 is 11.8 Å². The van der Waals surface area contributed by atoms with Crippen LogP contribution in [-0.2, 0) is 9.53 Å². The molecule has 0 bridgehead atoms. The van der Waals surface area contributed by atoms with Crippen LogP contribution in [0.5, 0.6) is 11.5 Å². The molecule has 0 heterocycles. The quantitative estimate of drug-likeness (QED) is 0.447. The highest BCUT2D eigenvalue weighted by molar-refractivity contribution is 5.94. The van der Waals surface area contributed by atoms with Gasteiger partial charge in [0.05, 0.1) is 14.2 Å². The molecule has 1 atom stereocenters. The second-order valence-electron chi connectivity index (χ2n) is 3.72. The molecular formula is C14H16O5. The lowest BCUT2D eigenvalue weighted by Gasteiger charge is -2.16. The lowest BCUT2D eigenvalue weighted by molar-refractivity contribution is -0.146. The summed E-state index contributed by atoms with van der Waals surface area (Å²) in [6.45, 7) is 4.96. The Bertz CT molecular complexity index is 493. The molecule has 0 N–H and O–H groups in total. The van der Waals surface area contributed by atoms with Gasteiger partial charge in [0.25, 0.3) is 0 Å². The molecule has 0 amide bonds. The number of ether oxygens (including phenoxy) is 3. The Hall–Kier alpha value is -2.30. The lowest BCUT2D eigenvalue weighted by atomic mass is 10.1. The van der Waals surface area contributed by atoms with Gasteiger partial charge >= 0.3 is 5.97 Å². The summed E-state index contributed by atoms with van der Waals surface area (Å²) >= 11 is 0. The fraction of sp³-hybridized carbons (Fsp3) is 0.286. The average molecular weight is 264 g/mol. The van der Waals surface area contributed by atoms with Gasteiger partial charge < -0.3 is 14.2 Å². The SMILES string of the molecule is C=CC(Oc1ccc(C(C)=O)cc1OC)C(=O)OC. The molecule has 0 radical (unpaired) electrons. The molecule has 0 aliphatic heterocycles. The van der Waals surface area contributed by atoms with Gasteiger partial charge in [-0.2, -0.15) is 0 Å². The number of hydrogen-bond donors (Lipinski definition) is 0. The largest absolute Gasteiger partial charge is 0.493 e. The monoisotopic (exact) mass is 264 g/mol. The first-order chi connectivity index (χ1) is 9.03. The molecule has 0 saturated heterocycles. The van der Waals surface area contributed by atoms with Crippen molar-refractivity contribution < 1.29 is 23.8 Å². The van der Waals surface area contributed by atoms with Crippen molar-refractivity contribution in [2.75, 3.05) is 14.2 Å². The summed E-state index contributed by atoms with van der Waals surface area (Å²) in [7, 11) is 2.71. The van der Waals surface area contributed by atoms with Gasteiger partial charge in [0.15, 0.2) is 17.3 Å². The number of methoxy groups -OCH3 is 2. The van der Waals surface area contributed by atoms with Crippen LogP contribution in [0.3, 0.4) is 0 Å². The summed E-state index contributed by atoms with van der Waals surface area (Å²) in [6.07, 6.45) is 0.395. The molecule has 1 rings (SSSR count). The topological polar surface area (TPSA) is 61.8 Å². The molecule has 1 aromatic rings. The minimum atomic E-state index is -0.929. The van der Waals surface area contributed by atoms with Crippen LogP contribution < -0.4 is 9.47 Å². The molecule has 5 nitrogen and oxygen atoms in total. The van der Waals surface area contributed by atoms with E-state index in [-0.39, 0.29) is 5.78 Å². The van der Waals surface area contributed by atoms with Gasteiger partial charge in [0, 0.05) is 5.56 Å². The molecule has 0 fully saturated rings. The van der Waals surface area contributed by atoms with Crippen molar-refractivity contribution in [2.24, 2.45) is 0 Å². The molecule has 0 spiro atoms. The third-order valence-electron chi connectivity index (χ3n) is 2.47. The molecule has 1 unspecified atom stereocenters. The van der Waals surface area contributed by atoms with Gasteiger partial charge in [0.1, 0.15) is 0 Å². The van der Waals surface area contributed by atoms with E-state index >= 15 is 0 Å². The van der Waals surface area contributed by atoms with Crippen molar-refractivity contribution in [1.82, 2.24) is 0 Å². The Morgan fingerprint density at radius 1 is 1.26 bits per heavy atom. The maximum Gasteiger partial charge on any atom is 0.351 e. The molecule has 1 aromatic carbocycles. The number of rotatable bonds is 6. The molecule has 0 saturated carbocycles. The van der Waals surface area contributed by atoms with Crippen LogP contribution in [0.4, 0.5) is 0 Å². The normalized spacial score (nSPS) is 11.3. The fourth-order valence-corrected chi connectivity index (χ4v) is 1.43. The van der Waals surface area contributed by atoms with Crippen LogP contribution in [0.15, 0.2) is 30.9 Å². The second-order valence-corrected chi connectivity index (χ2v) is 3.72. The van der Waals surface area contributed by atoms with E-state index in [0.29, 0.717) is 17.1 Å². The first kappa shape index (κ1) is 14.8. The first-order valence-electron chi connectivity index (χ1n) is 5.59. The van der Waals surface area contributed by atoms with Crippen LogP contribution >= 0.6 is 0 Å². The van der Waals surface area contributed by atoms with E-state index in [1.54, 1.807) is 18.2 Å². The van der Waals surface area contributed by atoms with E-state index < -0.39 is 12.1 Å². The number of carbonyl (C=O) groups excluding carboxylic acids is 2. The minimum absolute atomic E-state index is 0.0851. The van der Waals surface area contributed by atoms with E-state index in [1.807, 2.05) is 0 Å². The average Bonchev–Trinajstić information content (AvgIpc) is 2.43. The number of Topliss-reactive ketones (excluding diaryl/α,β-unsaturated/α-hetero) is 1. The van der Waals surface area contributed by atoms with Gasteiger partial charge in [-0.25, -0.2) is 4.79 Å². The summed E-state index contributed by atoms with van der Waals surface area (Å²) in [5, 5.41) is 0. The predicted octanol–water partition coefficient (Wildman–Crippen LogP) is 2.00. The highest BCUT2D eigenvalue weighted by Crippen LogP contribution is 2.29. The van der Waals surface area contributed by atoms with Gasteiger partial charge in [-0.05, 0) is 31.2 Å². The highest BCUT2D eigenvalue weighted by Gasteiger charge is 2.19. The van der Waals surface area contributed by atoms with Gasteiger partial charge in [-0.3, -0.25) is 4.79 Å². The van der Waals surface area contributed by atoms with Gasteiger partial charge in [-0.1, -0.05) is 6.58 Å². The van der Waals surface area contributed by atoms with Crippen LogP contribution in [0, 0.1) is 0 Å². The van der Waals surface area contributed by atoms with Crippen molar-refractivity contribution in [1.29, 1.82) is 0 Å².